The lowest BCUT2D eigenvalue weighted by Gasteiger charge is -2.20. The summed E-state index contributed by atoms with van der Waals surface area (Å²) in [5, 5.41) is 11.2. The van der Waals surface area contributed by atoms with Crippen molar-refractivity contribution in [2.45, 2.75) is 64.2 Å². The van der Waals surface area contributed by atoms with E-state index in [0.29, 0.717) is 11.1 Å². The van der Waals surface area contributed by atoms with Crippen molar-refractivity contribution < 1.29 is 13.9 Å². The van der Waals surface area contributed by atoms with Crippen LogP contribution in [0.2, 0.25) is 0 Å². The van der Waals surface area contributed by atoms with Crippen LogP contribution in [0.15, 0.2) is 27.8 Å². The minimum Gasteiger partial charge on any atom is -0.444 e. The first-order chi connectivity index (χ1) is 11.6. The third kappa shape index (κ3) is 6.08. The van der Waals surface area contributed by atoms with Gasteiger partial charge in [0.2, 0.25) is 5.89 Å². The summed E-state index contributed by atoms with van der Waals surface area (Å²) in [6.07, 6.45) is -0.511. The van der Waals surface area contributed by atoms with Gasteiger partial charge in [0.15, 0.2) is 0 Å². The van der Waals surface area contributed by atoms with Crippen molar-refractivity contribution in [3.63, 3.8) is 0 Å². The molecule has 2 rings (SSSR count). The van der Waals surface area contributed by atoms with Crippen LogP contribution in [0.3, 0.4) is 0 Å². The molecule has 1 N–H and O–H groups in total. The maximum absolute atomic E-state index is 11.8. The standard InChI is InChI=1S/C18H25N3O3S/c1-11-7-8-12(2)14(9-11)10-25-17-21-20-15(23-17)13(3)19-16(22)24-18(4,5)6/h7-9,13H,10H2,1-6H3,(H,19,22). The largest absolute Gasteiger partial charge is 0.444 e. The second kappa shape index (κ2) is 7.91. The molecule has 1 aromatic heterocycles. The monoisotopic (exact) mass is 363 g/mol. The maximum Gasteiger partial charge on any atom is 0.408 e. The van der Waals surface area contributed by atoms with Crippen LogP contribution >= 0.6 is 11.8 Å². The van der Waals surface area contributed by atoms with Gasteiger partial charge in [-0.2, -0.15) is 0 Å². The quantitative estimate of drug-likeness (QED) is 0.785. The van der Waals surface area contributed by atoms with Gasteiger partial charge in [0, 0.05) is 5.75 Å². The summed E-state index contributed by atoms with van der Waals surface area (Å²) in [4.78, 5) is 11.8. The number of alkyl carbamates (subject to hydrolysis) is 1. The van der Waals surface area contributed by atoms with Gasteiger partial charge < -0.3 is 14.5 Å². The van der Waals surface area contributed by atoms with Gasteiger partial charge in [-0.3, -0.25) is 0 Å². The Morgan fingerprint density at radius 1 is 1.32 bits per heavy atom. The van der Waals surface area contributed by atoms with Gasteiger partial charge in [-0.25, -0.2) is 4.79 Å². The van der Waals surface area contributed by atoms with Crippen LogP contribution in [0.5, 0.6) is 0 Å². The van der Waals surface area contributed by atoms with Gasteiger partial charge in [-0.15, -0.1) is 10.2 Å². The van der Waals surface area contributed by atoms with Crippen LogP contribution in [0.4, 0.5) is 4.79 Å². The summed E-state index contributed by atoms with van der Waals surface area (Å²) < 4.78 is 10.9. The van der Waals surface area contributed by atoms with Crippen LogP contribution in [0.1, 0.15) is 56.3 Å². The predicted molar refractivity (Wildman–Crippen MR) is 97.6 cm³/mol. The van der Waals surface area contributed by atoms with Gasteiger partial charge in [-0.1, -0.05) is 35.5 Å². The minimum absolute atomic E-state index is 0.356. The molecule has 0 radical (unpaired) electrons. The third-order valence-corrected chi connectivity index (χ3v) is 4.25. The summed E-state index contributed by atoms with van der Waals surface area (Å²) >= 11 is 1.48. The molecule has 0 saturated heterocycles. The summed E-state index contributed by atoms with van der Waals surface area (Å²) in [6, 6.07) is 5.94. The number of nitrogens with one attached hydrogen (secondary N) is 1. The number of thioether (sulfide) groups is 1. The molecule has 0 aliphatic rings. The summed E-state index contributed by atoms with van der Waals surface area (Å²) in [7, 11) is 0. The van der Waals surface area contributed by atoms with Crippen molar-refractivity contribution in [3.05, 3.63) is 40.8 Å². The van der Waals surface area contributed by atoms with E-state index in [9.17, 15) is 4.79 Å². The van der Waals surface area contributed by atoms with Gasteiger partial charge in [0.1, 0.15) is 11.6 Å². The van der Waals surface area contributed by atoms with Crippen LogP contribution in [0.25, 0.3) is 0 Å². The average Bonchev–Trinajstić information content (AvgIpc) is 2.95. The Morgan fingerprint density at radius 3 is 2.72 bits per heavy atom. The number of ether oxygens (including phenoxy) is 1. The van der Waals surface area contributed by atoms with Crippen molar-refractivity contribution >= 4 is 17.9 Å². The topological polar surface area (TPSA) is 77.2 Å². The summed E-state index contributed by atoms with van der Waals surface area (Å²) in [5.74, 6) is 1.11. The molecule has 0 spiro atoms. The lowest BCUT2D eigenvalue weighted by atomic mass is 10.1. The van der Waals surface area contributed by atoms with Crippen LogP contribution in [-0.2, 0) is 10.5 Å². The van der Waals surface area contributed by atoms with Crippen molar-refractivity contribution in [1.82, 2.24) is 15.5 Å². The Hall–Kier alpha value is -2.02. The number of rotatable bonds is 5. The van der Waals surface area contributed by atoms with Gasteiger partial charge in [-0.05, 0) is 52.7 Å². The first-order valence-corrected chi connectivity index (χ1v) is 9.14. The summed E-state index contributed by atoms with van der Waals surface area (Å²) in [5.41, 5.74) is 3.15. The molecule has 0 aliphatic heterocycles. The highest BCUT2D eigenvalue weighted by Crippen LogP contribution is 2.25. The molecule has 0 saturated carbocycles. The Morgan fingerprint density at radius 2 is 2.04 bits per heavy atom. The van der Waals surface area contributed by atoms with Crippen LogP contribution in [-0.4, -0.2) is 21.9 Å². The number of hydrogen-bond acceptors (Lipinski definition) is 6. The zero-order chi connectivity index (χ0) is 18.6. The second-order valence-corrected chi connectivity index (χ2v) is 7.92. The smallest absolute Gasteiger partial charge is 0.408 e. The van der Waals surface area contributed by atoms with Crippen molar-refractivity contribution in [3.8, 4) is 0 Å². The van der Waals surface area contributed by atoms with E-state index in [1.807, 2.05) is 20.8 Å². The number of carbonyl (C=O) groups excluding carboxylic acids is 1. The molecular formula is C18H25N3O3S. The molecule has 136 valence electrons. The molecular weight excluding hydrogens is 338 g/mol. The highest BCUT2D eigenvalue weighted by Gasteiger charge is 2.21. The highest BCUT2D eigenvalue weighted by molar-refractivity contribution is 7.98. The molecule has 1 unspecified atom stereocenters. The van der Waals surface area contributed by atoms with Crippen molar-refractivity contribution in [1.29, 1.82) is 0 Å². The maximum atomic E-state index is 11.8. The fourth-order valence-corrected chi connectivity index (χ4v) is 2.93. The van der Waals surface area contributed by atoms with Gasteiger partial charge in [0.25, 0.3) is 5.22 Å². The molecule has 1 aromatic carbocycles. The molecule has 1 heterocycles. The van der Waals surface area contributed by atoms with Crippen LogP contribution in [0, 0.1) is 13.8 Å². The first-order valence-electron chi connectivity index (χ1n) is 8.16. The van der Waals surface area contributed by atoms with E-state index >= 15 is 0 Å². The predicted octanol–water partition coefficient (Wildman–Crippen LogP) is 4.56. The second-order valence-electron chi connectivity index (χ2n) is 6.99. The number of aromatic nitrogens is 2. The fourth-order valence-electron chi connectivity index (χ4n) is 2.10. The van der Waals surface area contributed by atoms with E-state index in [1.165, 1.54) is 28.5 Å². The number of nitrogens with zero attached hydrogens (tertiary/aromatic N) is 2. The van der Waals surface area contributed by atoms with E-state index < -0.39 is 17.7 Å². The van der Waals surface area contributed by atoms with E-state index in [0.717, 1.165) is 5.75 Å². The molecule has 0 aliphatic carbocycles. The van der Waals surface area contributed by atoms with E-state index in [2.05, 4.69) is 47.6 Å². The van der Waals surface area contributed by atoms with Crippen LogP contribution < -0.4 is 5.32 Å². The van der Waals surface area contributed by atoms with E-state index in [1.54, 1.807) is 6.92 Å². The van der Waals surface area contributed by atoms with E-state index in [4.69, 9.17) is 9.15 Å². The minimum atomic E-state index is -0.550. The van der Waals surface area contributed by atoms with Gasteiger partial charge in [0.05, 0.1) is 0 Å². The number of amides is 1. The number of hydrogen-bond donors (Lipinski definition) is 1. The Bertz CT molecular complexity index is 737. The van der Waals surface area contributed by atoms with Gasteiger partial charge >= 0.3 is 6.09 Å². The van der Waals surface area contributed by atoms with Crippen molar-refractivity contribution in [2.24, 2.45) is 0 Å². The third-order valence-electron chi connectivity index (χ3n) is 3.38. The number of benzene rings is 1. The molecule has 25 heavy (non-hydrogen) atoms. The Labute approximate surface area is 152 Å². The lowest BCUT2D eigenvalue weighted by molar-refractivity contribution is 0.0500. The van der Waals surface area contributed by atoms with Crippen molar-refractivity contribution in [2.75, 3.05) is 0 Å². The molecule has 7 heteroatoms. The molecule has 1 atom stereocenters. The normalized spacial score (nSPS) is 12.7. The molecule has 0 bridgehead atoms. The number of carbonyl (C=O) groups is 1. The molecule has 1 amide bonds. The SMILES string of the molecule is Cc1ccc(C)c(CSc2nnc(C(C)NC(=O)OC(C)(C)C)o2)c1. The molecule has 6 nitrogen and oxygen atoms in total. The first kappa shape index (κ1) is 19.3. The van der Waals surface area contributed by atoms with E-state index in [-0.39, 0.29) is 0 Å². The highest BCUT2D eigenvalue weighted by atomic mass is 32.2. The zero-order valence-electron chi connectivity index (χ0n) is 15.5. The molecule has 2 aromatic rings. The Balaban J connectivity index is 1.93. The summed E-state index contributed by atoms with van der Waals surface area (Å²) in [6.45, 7) is 11.4. The lowest BCUT2D eigenvalue weighted by Crippen LogP contribution is -2.34. The zero-order valence-corrected chi connectivity index (χ0v) is 16.4. The fraction of sp³-hybridized carbons (Fsp3) is 0.500. The number of aryl methyl sites for hydroxylation is 2. The molecule has 0 fully saturated rings. The Kier molecular flexibility index (Phi) is 6.11. The average molecular weight is 363 g/mol.